The van der Waals surface area contributed by atoms with Crippen LogP contribution < -0.4 is 0 Å². The molecule has 0 aromatic carbocycles. The van der Waals surface area contributed by atoms with Gasteiger partial charge in [-0.3, -0.25) is 4.79 Å². The van der Waals surface area contributed by atoms with Gasteiger partial charge >= 0.3 is 5.97 Å². The third kappa shape index (κ3) is 4.24. The Morgan fingerprint density at radius 1 is 1.31 bits per heavy atom. The molecule has 0 aromatic heterocycles. The number of carboxylic acid groups (broad SMARTS) is 1. The van der Waals surface area contributed by atoms with Crippen LogP contribution in [0.4, 0.5) is 0 Å². The first-order chi connectivity index (χ1) is 6.18. The number of hydrogen-bond acceptors (Lipinski definition) is 3. The maximum absolute atomic E-state index is 10.2. The van der Waals surface area contributed by atoms with Gasteiger partial charge < -0.3 is 14.9 Å². The Hall–Kier alpha value is -0.610. The Kier molecular flexibility index (Phi) is 4.18. The maximum Gasteiger partial charge on any atom is 0.305 e. The van der Waals surface area contributed by atoms with Crippen molar-refractivity contribution in [1.82, 2.24) is 0 Å². The molecule has 0 amide bonds. The minimum atomic E-state index is -0.823. The SMILES string of the molecule is O=C(O)CCO[C@H]1CC[C@H](O)CC1. The summed E-state index contributed by atoms with van der Waals surface area (Å²) in [6.07, 6.45) is 3.29. The average Bonchev–Trinajstić information content (AvgIpc) is 2.08. The maximum atomic E-state index is 10.2. The van der Waals surface area contributed by atoms with Gasteiger partial charge in [0.2, 0.25) is 0 Å². The van der Waals surface area contributed by atoms with Crippen molar-refractivity contribution in [2.24, 2.45) is 0 Å². The van der Waals surface area contributed by atoms with E-state index in [1.807, 2.05) is 0 Å². The summed E-state index contributed by atoms with van der Waals surface area (Å²) in [6.45, 7) is 0.288. The first-order valence-corrected chi connectivity index (χ1v) is 4.70. The molecular formula is C9H16O4. The molecule has 0 heterocycles. The van der Waals surface area contributed by atoms with Crippen LogP contribution in [-0.4, -0.2) is 35.0 Å². The molecule has 0 spiro atoms. The normalized spacial score (nSPS) is 28.7. The molecule has 1 rings (SSSR count). The van der Waals surface area contributed by atoms with Crippen LogP contribution in [-0.2, 0) is 9.53 Å². The zero-order valence-corrected chi connectivity index (χ0v) is 7.61. The highest BCUT2D eigenvalue weighted by Gasteiger charge is 2.19. The Labute approximate surface area is 77.5 Å². The monoisotopic (exact) mass is 188 g/mol. The number of aliphatic hydroxyl groups excluding tert-OH is 1. The van der Waals surface area contributed by atoms with Crippen molar-refractivity contribution in [1.29, 1.82) is 0 Å². The van der Waals surface area contributed by atoms with Crippen LogP contribution >= 0.6 is 0 Å². The molecule has 2 N–H and O–H groups in total. The summed E-state index contributed by atoms with van der Waals surface area (Å²) in [6, 6.07) is 0. The topological polar surface area (TPSA) is 66.8 Å². The molecule has 4 heteroatoms. The van der Waals surface area contributed by atoms with Gasteiger partial charge in [-0.2, -0.15) is 0 Å². The van der Waals surface area contributed by atoms with Crippen LogP contribution in [0, 0.1) is 0 Å². The van der Waals surface area contributed by atoms with E-state index in [1.54, 1.807) is 0 Å². The summed E-state index contributed by atoms with van der Waals surface area (Å²) < 4.78 is 5.35. The summed E-state index contributed by atoms with van der Waals surface area (Å²) in [5.74, 6) is -0.823. The van der Waals surface area contributed by atoms with E-state index in [-0.39, 0.29) is 25.2 Å². The first kappa shape index (κ1) is 10.5. The van der Waals surface area contributed by atoms with Gasteiger partial charge in [0.05, 0.1) is 25.2 Å². The second-order valence-electron chi connectivity index (χ2n) is 3.45. The minimum Gasteiger partial charge on any atom is -0.481 e. The number of carboxylic acids is 1. The van der Waals surface area contributed by atoms with E-state index < -0.39 is 5.97 Å². The van der Waals surface area contributed by atoms with Crippen LogP contribution in [0.5, 0.6) is 0 Å². The fourth-order valence-electron chi connectivity index (χ4n) is 1.52. The van der Waals surface area contributed by atoms with Crippen molar-refractivity contribution in [3.05, 3.63) is 0 Å². The van der Waals surface area contributed by atoms with E-state index >= 15 is 0 Å². The Morgan fingerprint density at radius 2 is 1.92 bits per heavy atom. The predicted octanol–water partition coefficient (Wildman–Crippen LogP) is 0.781. The largest absolute Gasteiger partial charge is 0.481 e. The van der Waals surface area contributed by atoms with Gasteiger partial charge in [-0.25, -0.2) is 0 Å². The zero-order chi connectivity index (χ0) is 9.68. The highest BCUT2D eigenvalue weighted by atomic mass is 16.5. The van der Waals surface area contributed by atoms with Crippen molar-refractivity contribution in [2.45, 2.75) is 44.3 Å². The van der Waals surface area contributed by atoms with Gasteiger partial charge in [0.15, 0.2) is 0 Å². The van der Waals surface area contributed by atoms with Gasteiger partial charge in [0.25, 0.3) is 0 Å². The predicted molar refractivity (Wildman–Crippen MR) is 46.5 cm³/mol. The number of aliphatic carboxylic acids is 1. The van der Waals surface area contributed by atoms with Gasteiger partial charge in [0, 0.05) is 0 Å². The zero-order valence-electron chi connectivity index (χ0n) is 7.61. The Morgan fingerprint density at radius 3 is 2.46 bits per heavy atom. The summed E-state index contributed by atoms with van der Waals surface area (Å²) in [5, 5.41) is 17.6. The van der Waals surface area contributed by atoms with E-state index in [0.717, 1.165) is 25.7 Å². The second-order valence-corrected chi connectivity index (χ2v) is 3.45. The molecule has 1 saturated carbocycles. The molecule has 0 aliphatic heterocycles. The molecule has 0 aromatic rings. The summed E-state index contributed by atoms with van der Waals surface area (Å²) >= 11 is 0. The smallest absolute Gasteiger partial charge is 0.305 e. The number of ether oxygens (including phenoxy) is 1. The quantitative estimate of drug-likeness (QED) is 0.684. The van der Waals surface area contributed by atoms with E-state index in [1.165, 1.54) is 0 Å². The van der Waals surface area contributed by atoms with Crippen molar-refractivity contribution in [3.63, 3.8) is 0 Å². The summed E-state index contributed by atoms with van der Waals surface area (Å²) in [7, 11) is 0. The lowest BCUT2D eigenvalue weighted by atomic mass is 9.95. The number of aliphatic hydroxyl groups is 1. The van der Waals surface area contributed by atoms with Gasteiger partial charge in [0.1, 0.15) is 0 Å². The standard InChI is InChI=1S/C9H16O4/c10-7-1-3-8(4-2-7)13-6-5-9(11)12/h7-8,10H,1-6H2,(H,11,12)/t7-,8-. The Bertz CT molecular complexity index is 161. The fourth-order valence-corrected chi connectivity index (χ4v) is 1.52. The molecule has 13 heavy (non-hydrogen) atoms. The lowest BCUT2D eigenvalue weighted by molar-refractivity contribution is -0.139. The molecule has 0 bridgehead atoms. The number of hydrogen-bond donors (Lipinski definition) is 2. The van der Waals surface area contributed by atoms with Crippen molar-refractivity contribution in [3.8, 4) is 0 Å². The van der Waals surface area contributed by atoms with E-state index in [0.29, 0.717) is 0 Å². The van der Waals surface area contributed by atoms with Gasteiger partial charge in [-0.05, 0) is 25.7 Å². The van der Waals surface area contributed by atoms with Gasteiger partial charge in [-0.15, -0.1) is 0 Å². The third-order valence-corrected chi connectivity index (χ3v) is 2.31. The first-order valence-electron chi connectivity index (χ1n) is 4.70. The highest BCUT2D eigenvalue weighted by molar-refractivity contribution is 5.66. The molecule has 76 valence electrons. The van der Waals surface area contributed by atoms with Gasteiger partial charge in [-0.1, -0.05) is 0 Å². The van der Waals surface area contributed by atoms with Crippen LogP contribution in [0.15, 0.2) is 0 Å². The molecule has 1 fully saturated rings. The molecule has 0 atom stereocenters. The number of carbonyl (C=O) groups is 1. The lowest BCUT2D eigenvalue weighted by Crippen LogP contribution is -2.25. The molecule has 1 aliphatic rings. The van der Waals surface area contributed by atoms with Crippen LogP contribution in [0.1, 0.15) is 32.1 Å². The number of rotatable bonds is 4. The third-order valence-electron chi connectivity index (χ3n) is 2.31. The van der Waals surface area contributed by atoms with E-state index in [2.05, 4.69) is 0 Å². The second kappa shape index (κ2) is 5.19. The van der Waals surface area contributed by atoms with Crippen molar-refractivity contribution >= 4 is 5.97 Å². The summed E-state index contributed by atoms with van der Waals surface area (Å²) in [5.41, 5.74) is 0. The molecule has 4 nitrogen and oxygen atoms in total. The van der Waals surface area contributed by atoms with Crippen LogP contribution in [0.3, 0.4) is 0 Å². The fraction of sp³-hybridized carbons (Fsp3) is 0.889. The molecule has 0 radical (unpaired) electrons. The molecule has 1 aliphatic carbocycles. The van der Waals surface area contributed by atoms with E-state index in [4.69, 9.17) is 9.84 Å². The minimum absolute atomic E-state index is 0.0685. The molecule has 0 saturated heterocycles. The van der Waals surface area contributed by atoms with Crippen molar-refractivity contribution in [2.75, 3.05) is 6.61 Å². The Balaban J connectivity index is 2.05. The van der Waals surface area contributed by atoms with Crippen molar-refractivity contribution < 1.29 is 19.7 Å². The highest BCUT2D eigenvalue weighted by Crippen LogP contribution is 2.20. The molecule has 0 unspecified atom stereocenters. The summed E-state index contributed by atoms with van der Waals surface area (Å²) in [4.78, 5) is 10.2. The average molecular weight is 188 g/mol. The van der Waals surface area contributed by atoms with Crippen LogP contribution in [0.2, 0.25) is 0 Å². The lowest BCUT2D eigenvalue weighted by Gasteiger charge is -2.25. The van der Waals surface area contributed by atoms with Crippen LogP contribution in [0.25, 0.3) is 0 Å². The molecular weight excluding hydrogens is 172 g/mol. The van der Waals surface area contributed by atoms with E-state index in [9.17, 15) is 9.90 Å².